The van der Waals surface area contributed by atoms with Crippen molar-refractivity contribution in [2.24, 2.45) is 5.73 Å². The van der Waals surface area contributed by atoms with Crippen molar-refractivity contribution < 1.29 is 0 Å². The van der Waals surface area contributed by atoms with Gasteiger partial charge in [-0.15, -0.1) is 0 Å². The van der Waals surface area contributed by atoms with Gasteiger partial charge in [0.2, 0.25) is 0 Å². The summed E-state index contributed by atoms with van der Waals surface area (Å²) in [5, 5.41) is 3.36. The lowest BCUT2D eigenvalue weighted by Crippen LogP contribution is -2.51. The Morgan fingerprint density at radius 3 is 2.47 bits per heavy atom. The molecule has 0 aromatic rings. The molecule has 0 radical (unpaired) electrons. The van der Waals surface area contributed by atoms with Gasteiger partial charge in [-0.1, -0.05) is 39.0 Å². The van der Waals surface area contributed by atoms with Crippen molar-refractivity contribution >= 4 is 0 Å². The maximum atomic E-state index is 6.16. The minimum atomic E-state index is 0.300. The molecule has 0 spiro atoms. The van der Waals surface area contributed by atoms with Crippen molar-refractivity contribution in [3.05, 3.63) is 0 Å². The Morgan fingerprint density at radius 1 is 1.13 bits per heavy atom. The molecular weight excluding hydrogens is 186 g/mol. The van der Waals surface area contributed by atoms with Crippen molar-refractivity contribution in [1.82, 2.24) is 10.2 Å². The lowest BCUT2D eigenvalue weighted by molar-refractivity contribution is 0.165. The quantitative estimate of drug-likeness (QED) is 0.630. The van der Waals surface area contributed by atoms with E-state index in [4.69, 9.17) is 5.73 Å². The van der Waals surface area contributed by atoms with Crippen LogP contribution in [0.2, 0.25) is 0 Å². The largest absolute Gasteiger partial charge is 0.316 e. The molecule has 1 unspecified atom stereocenters. The highest BCUT2D eigenvalue weighted by Gasteiger charge is 2.15. The minimum absolute atomic E-state index is 0.300. The number of hydrogen-bond acceptors (Lipinski definition) is 3. The smallest absolute Gasteiger partial charge is 0.0572 e. The molecule has 0 aliphatic carbocycles. The Hall–Kier alpha value is -0.120. The van der Waals surface area contributed by atoms with Gasteiger partial charge in [0.05, 0.1) is 6.17 Å². The van der Waals surface area contributed by atoms with Crippen LogP contribution in [0.1, 0.15) is 45.4 Å². The van der Waals surface area contributed by atoms with Gasteiger partial charge in [-0.3, -0.25) is 4.90 Å². The van der Waals surface area contributed by atoms with Crippen LogP contribution >= 0.6 is 0 Å². The van der Waals surface area contributed by atoms with Gasteiger partial charge in [0.25, 0.3) is 0 Å². The molecule has 1 saturated heterocycles. The first-order chi connectivity index (χ1) is 7.34. The summed E-state index contributed by atoms with van der Waals surface area (Å²) >= 11 is 0. The zero-order valence-electron chi connectivity index (χ0n) is 10.2. The summed E-state index contributed by atoms with van der Waals surface area (Å²) in [7, 11) is 0. The van der Waals surface area contributed by atoms with E-state index in [0.29, 0.717) is 6.17 Å². The Labute approximate surface area is 94.4 Å². The predicted octanol–water partition coefficient (Wildman–Crippen LogP) is 1.54. The molecule has 0 aromatic heterocycles. The maximum absolute atomic E-state index is 6.16. The number of rotatable bonds is 7. The standard InChI is InChI=1S/C12H27N3/c1-2-3-4-5-6-7-12(13)15-10-8-14-9-11-15/h12,14H,2-11,13H2,1H3. The van der Waals surface area contributed by atoms with Crippen LogP contribution in [0, 0.1) is 0 Å². The summed E-state index contributed by atoms with van der Waals surface area (Å²) in [6.45, 7) is 6.70. The number of hydrogen-bond donors (Lipinski definition) is 2. The Morgan fingerprint density at radius 2 is 1.80 bits per heavy atom. The summed E-state index contributed by atoms with van der Waals surface area (Å²) in [6.07, 6.45) is 8.20. The van der Waals surface area contributed by atoms with Gasteiger partial charge in [0, 0.05) is 26.2 Å². The minimum Gasteiger partial charge on any atom is -0.316 e. The van der Waals surface area contributed by atoms with Crippen LogP contribution in [-0.4, -0.2) is 37.2 Å². The van der Waals surface area contributed by atoms with Crippen molar-refractivity contribution in [2.75, 3.05) is 26.2 Å². The lowest BCUT2D eigenvalue weighted by atomic mass is 10.1. The highest BCUT2D eigenvalue weighted by atomic mass is 15.3. The molecule has 1 heterocycles. The third kappa shape index (κ3) is 5.50. The summed E-state index contributed by atoms with van der Waals surface area (Å²) in [4.78, 5) is 2.41. The molecule has 90 valence electrons. The van der Waals surface area contributed by atoms with E-state index in [-0.39, 0.29) is 0 Å². The number of nitrogens with one attached hydrogen (secondary N) is 1. The van der Waals surface area contributed by atoms with E-state index in [1.807, 2.05) is 0 Å². The summed E-state index contributed by atoms with van der Waals surface area (Å²) < 4.78 is 0. The molecule has 1 aliphatic rings. The van der Waals surface area contributed by atoms with Gasteiger partial charge in [0.1, 0.15) is 0 Å². The predicted molar refractivity (Wildman–Crippen MR) is 65.8 cm³/mol. The fourth-order valence-corrected chi connectivity index (χ4v) is 2.15. The number of nitrogens with two attached hydrogens (primary N) is 1. The molecule has 3 heteroatoms. The van der Waals surface area contributed by atoms with Crippen molar-refractivity contribution in [3.8, 4) is 0 Å². The topological polar surface area (TPSA) is 41.3 Å². The van der Waals surface area contributed by atoms with Gasteiger partial charge in [-0.2, -0.15) is 0 Å². The van der Waals surface area contributed by atoms with Crippen LogP contribution in [0.4, 0.5) is 0 Å². The third-order valence-electron chi connectivity index (χ3n) is 3.22. The van der Waals surface area contributed by atoms with Crippen molar-refractivity contribution in [2.45, 2.75) is 51.6 Å². The van der Waals surface area contributed by atoms with E-state index >= 15 is 0 Å². The average molecular weight is 213 g/mol. The summed E-state index contributed by atoms with van der Waals surface area (Å²) in [6, 6.07) is 0. The average Bonchev–Trinajstić information content (AvgIpc) is 2.30. The lowest BCUT2D eigenvalue weighted by Gasteiger charge is -2.32. The van der Waals surface area contributed by atoms with E-state index < -0.39 is 0 Å². The first-order valence-corrected chi connectivity index (χ1v) is 6.55. The normalized spacial score (nSPS) is 20.4. The molecule has 1 fully saturated rings. The van der Waals surface area contributed by atoms with Crippen LogP contribution in [0.3, 0.4) is 0 Å². The van der Waals surface area contributed by atoms with E-state index in [9.17, 15) is 0 Å². The van der Waals surface area contributed by atoms with Gasteiger partial charge in [-0.05, 0) is 6.42 Å². The van der Waals surface area contributed by atoms with Gasteiger partial charge in [0.15, 0.2) is 0 Å². The second kappa shape index (κ2) is 8.08. The number of nitrogens with zero attached hydrogens (tertiary/aromatic N) is 1. The van der Waals surface area contributed by atoms with Crippen LogP contribution in [0.25, 0.3) is 0 Å². The van der Waals surface area contributed by atoms with Crippen LogP contribution in [0.15, 0.2) is 0 Å². The van der Waals surface area contributed by atoms with Crippen molar-refractivity contribution in [1.29, 1.82) is 0 Å². The van der Waals surface area contributed by atoms with E-state index in [1.54, 1.807) is 0 Å². The Balaban J connectivity index is 1.99. The van der Waals surface area contributed by atoms with E-state index in [2.05, 4.69) is 17.1 Å². The van der Waals surface area contributed by atoms with E-state index in [1.165, 1.54) is 38.5 Å². The molecule has 0 aromatic carbocycles. The second-order valence-electron chi connectivity index (χ2n) is 4.56. The molecule has 1 aliphatic heterocycles. The molecule has 0 bridgehead atoms. The van der Waals surface area contributed by atoms with Gasteiger partial charge < -0.3 is 11.1 Å². The van der Waals surface area contributed by atoms with E-state index in [0.717, 1.165) is 26.2 Å². The zero-order chi connectivity index (χ0) is 10.9. The molecular formula is C12H27N3. The first-order valence-electron chi connectivity index (χ1n) is 6.55. The Kier molecular flexibility index (Phi) is 6.98. The number of unbranched alkanes of at least 4 members (excludes halogenated alkanes) is 4. The molecule has 3 nitrogen and oxygen atoms in total. The highest BCUT2D eigenvalue weighted by Crippen LogP contribution is 2.09. The maximum Gasteiger partial charge on any atom is 0.0572 e. The summed E-state index contributed by atoms with van der Waals surface area (Å²) in [5.41, 5.74) is 6.16. The van der Waals surface area contributed by atoms with Crippen molar-refractivity contribution in [3.63, 3.8) is 0 Å². The third-order valence-corrected chi connectivity index (χ3v) is 3.22. The van der Waals surface area contributed by atoms with Crippen LogP contribution in [0.5, 0.6) is 0 Å². The first kappa shape index (κ1) is 12.9. The van der Waals surface area contributed by atoms with Crippen LogP contribution in [-0.2, 0) is 0 Å². The fourth-order valence-electron chi connectivity index (χ4n) is 2.15. The monoisotopic (exact) mass is 213 g/mol. The van der Waals surface area contributed by atoms with Gasteiger partial charge in [-0.25, -0.2) is 0 Å². The molecule has 3 N–H and O–H groups in total. The molecule has 0 saturated carbocycles. The zero-order valence-corrected chi connectivity index (χ0v) is 10.2. The molecule has 1 atom stereocenters. The molecule has 15 heavy (non-hydrogen) atoms. The molecule has 1 rings (SSSR count). The second-order valence-corrected chi connectivity index (χ2v) is 4.56. The summed E-state index contributed by atoms with van der Waals surface area (Å²) in [5.74, 6) is 0. The van der Waals surface area contributed by atoms with Crippen LogP contribution < -0.4 is 11.1 Å². The fraction of sp³-hybridized carbons (Fsp3) is 1.00. The molecule has 0 amide bonds. The number of piperazine rings is 1. The Bertz CT molecular complexity index is 144. The highest BCUT2D eigenvalue weighted by molar-refractivity contribution is 4.72. The van der Waals surface area contributed by atoms with Gasteiger partial charge >= 0.3 is 0 Å². The SMILES string of the molecule is CCCCCCCC(N)N1CCNCC1.